The van der Waals surface area contributed by atoms with E-state index in [1.165, 1.54) is 0 Å². The van der Waals surface area contributed by atoms with Crippen LogP contribution >= 0.6 is 0 Å². The van der Waals surface area contributed by atoms with Crippen molar-refractivity contribution in [3.8, 4) is 28.4 Å². The molecule has 4 rings (SSSR count). The van der Waals surface area contributed by atoms with Gasteiger partial charge in [0.05, 0.1) is 12.2 Å². The van der Waals surface area contributed by atoms with Gasteiger partial charge in [0.25, 0.3) is 0 Å². The minimum Gasteiger partial charge on any atom is -0.490 e. The lowest BCUT2D eigenvalue weighted by molar-refractivity contribution is 0.0697. The van der Waals surface area contributed by atoms with Gasteiger partial charge in [-0.2, -0.15) is 0 Å². The molecule has 0 saturated heterocycles. The van der Waals surface area contributed by atoms with E-state index in [4.69, 9.17) is 19.3 Å². The fourth-order valence-electron chi connectivity index (χ4n) is 4.07. The van der Waals surface area contributed by atoms with E-state index in [-0.39, 0.29) is 18.3 Å². The number of aromatic carboxylic acids is 1. The molecule has 1 aliphatic rings. The first-order valence-electron chi connectivity index (χ1n) is 11.9. The maximum absolute atomic E-state index is 11.1. The standard InChI is InChI=1S/C28H31NO6/c1-2-33-26-5-3-4-6-27(26)34-18-23(30)16-29-17-24-13-11-22-15-21(12-14-25(22)35-24)19-7-9-20(10-8-19)28(31)32/h3-10,12,14-15,23-24,29-30H,2,11,13,16-18H2,1H3,(H,31,32)/t23-,24+/m0/s1. The largest absolute Gasteiger partial charge is 0.490 e. The number of carbonyl (C=O) groups is 1. The number of fused-ring (bicyclic) bond motifs is 1. The Morgan fingerprint density at radius 2 is 1.77 bits per heavy atom. The predicted molar refractivity (Wildman–Crippen MR) is 134 cm³/mol. The summed E-state index contributed by atoms with van der Waals surface area (Å²) in [6.45, 7) is 3.67. The van der Waals surface area contributed by atoms with Crippen LogP contribution in [0.3, 0.4) is 0 Å². The molecule has 7 heteroatoms. The molecule has 7 nitrogen and oxygen atoms in total. The van der Waals surface area contributed by atoms with Gasteiger partial charge in [0.1, 0.15) is 24.6 Å². The van der Waals surface area contributed by atoms with Crippen molar-refractivity contribution in [3.63, 3.8) is 0 Å². The first kappa shape index (κ1) is 24.6. The van der Waals surface area contributed by atoms with Gasteiger partial charge in [-0.3, -0.25) is 0 Å². The van der Waals surface area contributed by atoms with Gasteiger partial charge >= 0.3 is 5.97 Å². The maximum Gasteiger partial charge on any atom is 0.335 e. The van der Waals surface area contributed by atoms with Crippen LogP contribution in [0.5, 0.6) is 17.2 Å². The van der Waals surface area contributed by atoms with Crippen molar-refractivity contribution < 1.29 is 29.2 Å². The number of aliphatic hydroxyl groups is 1. The van der Waals surface area contributed by atoms with Crippen LogP contribution in [-0.2, 0) is 6.42 Å². The highest BCUT2D eigenvalue weighted by Crippen LogP contribution is 2.32. The van der Waals surface area contributed by atoms with E-state index in [1.54, 1.807) is 12.1 Å². The highest BCUT2D eigenvalue weighted by Gasteiger charge is 2.20. The number of aryl methyl sites for hydroxylation is 1. The second kappa shape index (κ2) is 11.7. The van der Waals surface area contributed by atoms with Crippen LogP contribution in [0.2, 0.25) is 0 Å². The summed E-state index contributed by atoms with van der Waals surface area (Å²) in [6, 6.07) is 20.4. The zero-order valence-electron chi connectivity index (χ0n) is 19.8. The molecule has 0 saturated carbocycles. The Morgan fingerprint density at radius 3 is 2.49 bits per heavy atom. The van der Waals surface area contributed by atoms with Gasteiger partial charge in [0.2, 0.25) is 0 Å². The number of benzene rings is 3. The molecule has 3 N–H and O–H groups in total. The molecule has 0 aromatic heterocycles. The van der Waals surface area contributed by atoms with E-state index in [0.717, 1.165) is 35.3 Å². The van der Waals surface area contributed by atoms with Crippen molar-refractivity contribution >= 4 is 5.97 Å². The van der Waals surface area contributed by atoms with Crippen molar-refractivity contribution in [2.24, 2.45) is 0 Å². The van der Waals surface area contributed by atoms with Gasteiger partial charge in [-0.25, -0.2) is 4.79 Å². The molecular formula is C28H31NO6. The molecule has 0 spiro atoms. The molecule has 1 aliphatic heterocycles. The maximum atomic E-state index is 11.1. The highest BCUT2D eigenvalue weighted by molar-refractivity contribution is 5.88. The summed E-state index contributed by atoms with van der Waals surface area (Å²) < 4.78 is 17.4. The zero-order valence-corrected chi connectivity index (χ0v) is 19.8. The number of hydrogen-bond acceptors (Lipinski definition) is 6. The summed E-state index contributed by atoms with van der Waals surface area (Å²) in [4.78, 5) is 11.1. The summed E-state index contributed by atoms with van der Waals surface area (Å²) in [6.07, 6.45) is 1.13. The molecular weight excluding hydrogens is 446 g/mol. The molecule has 3 aromatic rings. The van der Waals surface area contributed by atoms with E-state index in [2.05, 4.69) is 11.4 Å². The quantitative estimate of drug-likeness (QED) is 0.381. The third kappa shape index (κ3) is 6.53. The van der Waals surface area contributed by atoms with Gasteiger partial charge in [-0.15, -0.1) is 0 Å². The second-order valence-electron chi connectivity index (χ2n) is 8.49. The summed E-state index contributed by atoms with van der Waals surface area (Å²) in [5.74, 6) is 1.23. The van der Waals surface area contributed by atoms with Gasteiger partial charge in [0.15, 0.2) is 11.5 Å². The average molecular weight is 478 g/mol. The highest BCUT2D eigenvalue weighted by atomic mass is 16.5. The molecule has 0 fully saturated rings. The Hall–Kier alpha value is -3.55. The monoisotopic (exact) mass is 477 g/mol. The number of carboxylic acids is 1. The SMILES string of the molecule is CCOc1ccccc1OC[C@@H](O)CNC[C@H]1CCc2cc(-c3ccc(C(=O)O)cc3)ccc2O1. The minimum absolute atomic E-state index is 0.0231. The van der Waals surface area contributed by atoms with Gasteiger partial charge < -0.3 is 29.7 Å². The van der Waals surface area contributed by atoms with Crippen LogP contribution in [0.15, 0.2) is 66.7 Å². The number of hydrogen-bond donors (Lipinski definition) is 3. The topological polar surface area (TPSA) is 97.2 Å². The molecule has 0 bridgehead atoms. The third-order valence-electron chi connectivity index (χ3n) is 5.89. The molecule has 2 atom stereocenters. The van der Waals surface area contributed by atoms with Gasteiger partial charge in [-0.05, 0) is 72.9 Å². The van der Waals surface area contributed by atoms with Crippen molar-refractivity contribution in [2.45, 2.75) is 32.0 Å². The molecule has 0 aliphatic carbocycles. The summed E-state index contributed by atoms with van der Waals surface area (Å²) in [5.41, 5.74) is 3.43. The molecule has 35 heavy (non-hydrogen) atoms. The van der Waals surface area contributed by atoms with Crippen LogP contribution in [-0.4, -0.2) is 54.7 Å². The normalized spacial score (nSPS) is 15.5. The first-order valence-corrected chi connectivity index (χ1v) is 11.9. The van der Waals surface area contributed by atoms with Gasteiger partial charge in [0, 0.05) is 13.1 Å². The van der Waals surface area contributed by atoms with Crippen molar-refractivity contribution in [1.82, 2.24) is 5.32 Å². The average Bonchev–Trinajstić information content (AvgIpc) is 2.88. The number of aliphatic hydroxyl groups excluding tert-OH is 1. The lowest BCUT2D eigenvalue weighted by Gasteiger charge is -2.27. The van der Waals surface area contributed by atoms with E-state index < -0.39 is 12.1 Å². The van der Waals surface area contributed by atoms with E-state index >= 15 is 0 Å². The number of nitrogens with one attached hydrogen (secondary N) is 1. The third-order valence-corrected chi connectivity index (χ3v) is 5.89. The minimum atomic E-state index is -0.929. The summed E-state index contributed by atoms with van der Waals surface area (Å²) in [7, 11) is 0. The van der Waals surface area contributed by atoms with E-state index in [9.17, 15) is 9.90 Å². The van der Waals surface area contributed by atoms with Crippen LogP contribution in [0.1, 0.15) is 29.3 Å². The zero-order chi connectivity index (χ0) is 24.6. The Bertz CT molecular complexity index is 1130. The van der Waals surface area contributed by atoms with Crippen LogP contribution < -0.4 is 19.5 Å². The fraction of sp³-hybridized carbons (Fsp3) is 0.321. The molecule has 1 heterocycles. The van der Waals surface area contributed by atoms with Crippen LogP contribution in [0.4, 0.5) is 0 Å². The van der Waals surface area contributed by atoms with Crippen LogP contribution in [0, 0.1) is 0 Å². The lowest BCUT2D eigenvalue weighted by Crippen LogP contribution is -2.39. The number of carboxylic acid groups (broad SMARTS) is 1. The molecule has 0 radical (unpaired) electrons. The molecule has 3 aromatic carbocycles. The molecule has 184 valence electrons. The fourth-order valence-corrected chi connectivity index (χ4v) is 4.07. The van der Waals surface area contributed by atoms with Crippen molar-refractivity contribution in [3.05, 3.63) is 77.9 Å². The van der Waals surface area contributed by atoms with Gasteiger partial charge in [-0.1, -0.05) is 30.3 Å². The Balaban J connectivity index is 1.24. The summed E-state index contributed by atoms with van der Waals surface area (Å²) >= 11 is 0. The predicted octanol–water partition coefficient (Wildman–Crippen LogP) is 4.17. The Labute approximate surface area is 205 Å². The summed E-state index contributed by atoms with van der Waals surface area (Å²) in [5, 5.41) is 22.7. The number of rotatable bonds is 11. The van der Waals surface area contributed by atoms with E-state index in [0.29, 0.717) is 31.2 Å². The first-order chi connectivity index (χ1) is 17.0. The van der Waals surface area contributed by atoms with Crippen molar-refractivity contribution in [2.75, 3.05) is 26.3 Å². The number of ether oxygens (including phenoxy) is 3. The molecule has 0 amide bonds. The van der Waals surface area contributed by atoms with Crippen LogP contribution in [0.25, 0.3) is 11.1 Å². The second-order valence-corrected chi connectivity index (χ2v) is 8.49. The Morgan fingerprint density at radius 1 is 1.06 bits per heavy atom. The number of para-hydroxylation sites is 2. The van der Waals surface area contributed by atoms with Crippen molar-refractivity contribution in [1.29, 1.82) is 0 Å². The molecule has 0 unspecified atom stereocenters. The lowest BCUT2D eigenvalue weighted by atomic mass is 9.96. The smallest absolute Gasteiger partial charge is 0.335 e. The Kier molecular flexibility index (Phi) is 8.23. The van der Waals surface area contributed by atoms with E-state index in [1.807, 2.05) is 55.5 Å².